The topological polar surface area (TPSA) is 95.9 Å². The molecule has 0 fully saturated rings. The molecule has 0 bridgehead atoms. The number of rotatable bonds is 45. The highest BCUT2D eigenvalue weighted by molar-refractivity contribution is 5.77. The van der Waals surface area contributed by atoms with Crippen molar-refractivity contribution in [3.05, 3.63) is 36.5 Å². The summed E-state index contributed by atoms with van der Waals surface area (Å²) in [6.07, 6.45) is 53.5. The summed E-state index contributed by atoms with van der Waals surface area (Å²) in [6, 6.07) is -0.709. The van der Waals surface area contributed by atoms with Crippen molar-refractivity contribution in [2.45, 2.75) is 277 Å². The molecule has 0 radical (unpaired) electrons. The summed E-state index contributed by atoms with van der Waals surface area (Å²) in [5.74, 6) is -0.502. The van der Waals surface area contributed by atoms with Crippen LogP contribution in [0.5, 0.6) is 0 Å². The average Bonchev–Trinajstić information content (AvgIpc) is 3.22. The van der Waals surface area contributed by atoms with Crippen molar-refractivity contribution in [1.82, 2.24) is 5.32 Å². The van der Waals surface area contributed by atoms with E-state index < -0.39 is 18.2 Å². The van der Waals surface area contributed by atoms with Crippen LogP contribution in [0.15, 0.2) is 36.5 Å². The van der Waals surface area contributed by atoms with E-state index in [4.69, 9.17) is 4.74 Å². The number of hydrogen-bond acceptors (Lipinski definition) is 5. The molecule has 0 heterocycles. The third-order valence-electron chi connectivity index (χ3n) is 11.5. The molecule has 0 aromatic rings. The van der Waals surface area contributed by atoms with Gasteiger partial charge < -0.3 is 20.3 Å². The first-order chi connectivity index (χ1) is 28.5. The van der Waals surface area contributed by atoms with Crippen LogP contribution in [-0.2, 0) is 14.3 Å². The van der Waals surface area contributed by atoms with Gasteiger partial charge in [-0.25, -0.2) is 0 Å². The molecule has 1 amide bonds. The largest absolute Gasteiger partial charge is 0.462 e. The van der Waals surface area contributed by atoms with E-state index in [0.29, 0.717) is 19.3 Å². The molecule has 0 spiro atoms. The number of unbranched alkanes of at least 4 members (excludes halogenated alkanes) is 29. The molecule has 0 rings (SSSR count). The molecule has 6 nitrogen and oxygen atoms in total. The van der Waals surface area contributed by atoms with Gasteiger partial charge in [0, 0.05) is 6.42 Å². The van der Waals surface area contributed by atoms with Gasteiger partial charge in [0.1, 0.15) is 6.10 Å². The standard InChI is InChI=1S/C52H97NO5/c1-4-7-10-13-16-19-22-23-24-25-26-27-30-32-35-38-41-44-50(55)49(47-54)53-51(56)46-48(43-40-37-34-31-28-20-17-14-11-8-5-2)58-52(57)45-42-39-36-33-29-21-18-15-12-9-6-3/h8,11,14,17,20,28,48-50,54-55H,4-7,9-10,12-13,15-16,18-19,21-27,29-47H2,1-3H3,(H,53,56)/b11-8+,17-14+,28-20-. The van der Waals surface area contributed by atoms with Crippen LogP contribution in [0.4, 0.5) is 0 Å². The number of carbonyl (C=O) groups excluding carboxylic acids is 2. The SMILES string of the molecule is CC/C=C/C=C/C=C\CCCCCC(CC(=O)NC(CO)C(O)CCCCCCCCCCCCCCCCCCC)OC(=O)CCCCCCCCCCCCC. The van der Waals surface area contributed by atoms with Crippen molar-refractivity contribution in [2.24, 2.45) is 0 Å². The molecule has 340 valence electrons. The monoisotopic (exact) mass is 816 g/mol. The molecule has 0 aromatic heterocycles. The Morgan fingerprint density at radius 1 is 0.517 bits per heavy atom. The summed E-state index contributed by atoms with van der Waals surface area (Å²) in [6.45, 7) is 6.34. The molecule has 3 unspecified atom stereocenters. The minimum atomic E-state index is -0.794. The first kappa shape index (κ1) is 56.1. The average molecular weight is 816 g/mol. The second kappa shape index (κ2) is 46.2. The highest BCUT2D eigenvalue weighted by Crippen LogP contribution is 2.18. The summed E-state index contributed by atoms with van der Waals surface area (Å²) in [5.41, 5.74) is 0. The van der Waals surface area contributed by atoms with Gasteiger partial charge in [0.05, 0.1) is 25.2 Å². The Morgan fingerprint density at radius 2 is 0.931 bits per heavy atom. The number of amides is 1. The van der Waals surface area contributed by atoms with Gasteiger partial charge in [-0.3, -0.25) is 9.59 Å². The summed E-state index contributed by atoms with van der Waals surface area (Å²) in [4.78, 5) is 26.0. The number of carbonyl (C=O) groups is 2. The van der Waals surface area contributed by atoms with Crippen LogP contribution in [0.2, 0.25) is 0 Å². The van der Waals surface area contributed by atoms with Crippen molar-refractivity contribution in [3.8, 4) is 0 Å². The highest BCUT2D eigenvalue weighted by Gasteiger charge is 2.24. The molecule has 3 atom stereocenters. The lowest BCUT2D eigenvalue weighted by Crippen LogP contribution is -2.46. The predicted octanol–water partition coefficient (Wildman–Crippen LogP) is 14.9. The van der Waals surface area contributed by atoms with Gasteiger partial charge in [-0.1, -0.05) is 237 Å². The first-order valence-corrected chi connectivity index (χ1v) is 25.2. The van der Waals surface area contributed by atoms with E-state index in [1.807, 2.05) is 12.2 Å². The third-order valence-corrected chi connectivity index (χ3v) is 11.5. The number of hydrogen-bond donors (Lipinski definition) is 3. The normalized spacial score (nSPS) is 13.5. The predicted molar refractivity (Wildman–Crippen MR) is 250 cm³/mol. The fourth-order valence-corrected chi connectivity index (χ4v) is 7.73. The smallest absolute Gasteiger partial charge is 0.306 e. The van der Waals surface area contributed by atoms with Crippen molar-refractivity contribution < 1.29 is 24.5 Å². The van der Waals surface area contributed by atoms with E-state index >= 15 is 0 Å². The molecular formula is C52H97NO5. The first-order valence-electron chi connectivity index (χ1n) is 25.2. The van der Waals surface area contributed by atoms with Gasteiger partial charge in [-0.2, -0.15) is 0 Å². The Kier molecular flexibility index (Phi) is 44.6. The Bertz CT molecular complexity index is 961. The Hall–Kier alpha value is -1.92. The second-order valence-corrected chi connectivity index (χ2v) is 17.3. The fourth-order valence-electron chi connectivity index (χ4n) is 7.73. The Morgan fingerprint density at radius 3 is 1.40 bits per heavy atom. The van der Waals surface area contributed by atoms with Gasteiger partial charge >= 0.3 is 5.97 Å². The van der Waals surface area contributed by atoms with Crippen LogP contribution in [0.3, 0.4) is 0 Å². The second-order valence-electron chi connectivity index (χ2n) is 17.3. The number of esters is 1. The molecule has 0 saturated heterocycles. The minimum Gasteiger partial charge on any atom is -0.462 e. The van der Waals surface area contributed by atoms with Gasteiger partial charge in [-0.05, 0) is 44.9 Å². The molecule has 0 saturated carbocycles. The minimum absolute atomic E-state index is 0.0579. The zero-order valence-electron chi connectivity index (χ0n) is 38.7. The quantitative estimate of drug-likeness (QED) is 0.0323. The fraction of sp³-hybridized carbons (Fsp3) is 0.846. The van der Waals surface area contributed by atoms with Crippen LogP contribution in [0, 0.1) is 0 Å². The van der Waals surface area contributed by atoms with E-state index in [1.165, 1.54) is 141 Å². The molecule has 58 heavy (non-hydrogen) atoms. The maximum Gasteiger partial charge on any atom is 0.306 e. The molecule has 0 aromatic carbocycles. The Labute approximate surface area is 360 Å². The van der Waals surface area contributed by atoms with Crippen molar-refractivity contribution in [1.29, 1.82) is 0 Å². The molecule has 0 aliphatic carbocycles. The number of aliphatic hydroxyl groups excluding tert-OH is 2. The lowest BCUT2D eigenvalue weighted by molar-refractivity contribution is -0.151. The van der Waals surface area contributed by atoms with E-state index in [9.17, 15) is 19.8 Å². The zero-order valence-corrected chi connectivity index (χ0v) is 38.7. The summed E-state index contributed by atoms with van der Waals surface area (Å²) in [7, 11) is 0. The molecular weight excluding hydrogens is 719 g/mol. The Balaban J connectivity index is 4.48. The third kappa shape index (κ3) is 40.8. The van der Waals surface area contributed by atoms with Crippen molar-refractivity contribution in [2.75, 3.05) is 6.61 Å². The van der Waals surface area contributed by atoms with Crippen LogP contribution < -0.4 is 5.32 Å². The summed E-state index contributed by atoms with van der Waals surface area (Å²) in [5, 5.41) is 23.7. The highest BCUT2D eigenvalue weighted by atomic mass is 16.5. The summed E-state index contributed by atoms with van der Waals surface area (Å²) < 4.78 is 5.89. The lowest BCUT2D eigenvalue weighted by Gasteiger charge is -2.24. The van der Waals surface area contributed by atoms with E-state index in [0.717, 1.165) is 70.6 Å². The van der Waals surface area contributed by atoms with E-state index in [1.54, 1.807) is 0 Å². The molecule has 3 N–H and O–H groups in total. The van der Waals surface area contributed by atoms with Crippen LogP contribution in [0.25, 0.3) is 0 Å². The van der Waals surface area contributed by atoms with E-state index in [2.05, 4.69) is 50.4 Å². The molecule has 0 aliphatic heterocycles. The van der Waals surface area contributed by atoms with Crippen molar-refractivity contribution >= 4 is 11.9 Å². The van der Waals surface area contributed by atoms with Crippen LogP contribution in [0.1, 0.15) is 258 Å². The van der Waals surface area contributed by atoms with Gasteiger partial charge in [0.25, 0.3) is 0 Å². The van der Waals surface area contributed by atoms with E-state index in [-0.39, 0.29) is 24.9 Å². The maximum atomic E-state index is 13.2. The zero-order chi connectivity index (χ0) is 42.4. The number of aliphatic hydroxyl groups is 2. The van der Waals surface area contributed by atoms with Gasteiger partial charge in [0.2, 0.25) is 5.91 Å². The molecule has 0 aliphatic rings. The number of nitrogens with one attached hydrogen (secondary N) is 1. The number of ether oxygens (including phenoxy) is 1. The summed E-state index contributed by atoms with van der Waals surface area (Å²) >= 11 is 0. The van der Waals surface area contributed by atoms with Gasteiger partial charge in [0.15, 0.2) is 0 Å². The number of allylic oxidation sites excluding steroid dienone is 6. The molecule has 6 heteroatoms. The lowest BCUT2D eigenvalue weighted by atomic mass is 10.0. The maximum absolute atomic E-state index is 13.2. The van der Waals surface area contributed by atoms with Crippen LogP contribution in [-0.4, -0.2) is 46.9 Å². The van der Waals surface area contributed by atoms with Gasteiger partial charge in [-0.15, -0.1) is 0 Å². The van der Waals surface area contributed by atoms with Crippen molar-refractivity contribution in [3.63, 3.8) is 0 Å². The van der Waals surface area contributed by atoms with Crippen LogP contribution >= 0.6 is 0 Å².